The minimum Gasteiger partial charge on any atom is -0.354 e. The monoisotopic (exact) mass is 252 g/mol. The van der Waals surface area contributed by atoms with Crippen LogP contribution in [0.4, 0.5) is 0 Å². The Morgan fingerprint density at radius 3 is 2.89 bits per heavy atom. The van der Waals surface area contributed by atoms with E-state index in [1.54, 1.807) is 6.21 Å². The molecular formula is C12H20N4O2. The molecule has 1 aliphatic heterocycles. The van der Waals surface area contributed by atoms with E-state index in [4.69, 9.17) is 5.73 Å². The lowest BCUT2D eigenvalue weighted by Crippen LogP contribution is -2.46. The number of nitrogens with two attached hydrogens (primary N) is 1. The van der Waals surface area contributed by atoms with Gasteiger partial charge >= 0.3 is 0 Å². The van der Waals surface area contributed by atoms with Gasteiger partial charge in [-0.25, -0.2) is 0 Å². The van der Waals surface area contributed by atoms with Crippen molar-refractivity contribution >= 4 is 18.0 Å². The molecule has 0 saturated carbocycles. The smallest absolute Gasteiger partial charge is 0.242 e. The average molecular weight is 252 g/mol. The first-order valence-electron chi connectivity index (χ1n) is 6.10. The fourth-order valence-electron chi connectivity index (χ4n) is 1.65. The first-order chi connectivity index (χ1) is 8.63. The zero-order valence-corrected chi connectivity index (χ0v) is 10.6. The average Bonchev–Trinajstić information content (AvgIpc) is 2.80. The van der Waals surface area contributed by atoms with Crippen LogP contribution in [0.5, 0.6) is 0 Å². The topological polar surface area (TPSA) is 96.6 Å². The summed E-state index contributed by atoms with van der Waals surface area (Å²) in [6, 6.07) is -0.568. The van der Waals surface area contributed by atoms with Gasteiger partial charge in [0.05, 0.1) is 0 Å². The van der Waals surface area contributed by atoms with Gasteiger partial charge < -0.3 is 16.4 Å². The van der Waals surface area contributed by atoms with Crippen molar-refractivity contribution in [1.82, 2.24) is 10.6 Å². The summed E-state index contributed by atoms with van der Waals surface area (Å²) in [4.78, 5) is 27.1. The van der Waals surface area contributed by atoms with E-state index in [1.165, 1.54) is 6.92 Å². The Morgan fingerprint density at radius 1 is 1.56 bits per heavy atom. The Hall–Kier alpha value is -1.69. The number of rotatable bonds is 7. The van der Waals surface area contributed by atoms with Gasteiger partial charge in [0.15, 0.2) is 0 Å². The molecule has 0 aromatic heterocycles. The summed E-state index contributed by atoms with van der Waals surface area (Å²) in [7, 11) is 0. The van der Waals surface area contributed by atoms with Crippen molar-refractivity contribution in [3.05, 3.63) is 11.8 Å². The van der Waals surface area contributed by atoms with Gasteiger partial charge in [0.1, 0.15) is 6.04 Å². The number of hydrogen-bond acceptors (Lipinski definition) is 4. The van der Waals surface area contributed by atoms with Crippen molar-refractivity contribution in [2.75, 3.05) is 13.1 Å². The number of aliphatic imine (C=N–C) groups is 1. The van der Waals surface area contributed by atoms with Crippen molar-refractivity contribution < 1.29 is 9.59 Å². The highest BCUT2D eigenvalue weighted by Gasteiger charge is 2.20. The van der Waals surface area contributed by atoms with Crippen LogP contribution in [0, 0.1) is 0 Å². The molecule has 0 radical (unpaired) electrons. The second-order valence-electron chi connectivity index (χ2n) is 4.13. The fourth-order valence-corrected chi connectivity index (χ4v) is 1.65. The maximum Gasteiger partial charge on any atom is 0.242 e. The number of carbonyl (C=O) groups is 2. The number of amides is 2. The molecule has 0 fully saturated rings. The van der Waals surface area contributed by atoms with Crippen LogP contribution >= 0.6 is 0 Å². The SMILES string of the molecule is CC(=O)NC(CC1=CCC=N1)C(=O)NCCCN. The summed E-state index contributed by atoms with van der Waals surface area (Å²) >= 11 is 0. The van der Waals surface area contributed by atoms with Gasteiger partial charge in [0.25, 0.3) is 0 Å². The third kappa shape index (κ3) is 5.09. The molecule has 0 bridgehead atoms. The first-order valence-corrected chi connectivity index (χ1v) is 6.10. The standard InChI is InChI=1S/C12H20N4O2/c1-9(17)16-11(8-10-4-2-6-14-10)12(18)15-7-3-5-13/h4,6,11H,2-3,5,7-8,13H2,1H3,(H,15,18)(H,16,17). The molecule has 0 aliphatic carbocycles. The van der Waals surface area contributed by atoms with Gasteiger partial charge in [-0.2, -0.15) is 0 Å². The Morgan fingerprint density at radius 2 is 2.33 bits per heavy atom. The molecule has 0 aromatic carbocycles. The molecule has 1 rings (SSSR count). The van der Waals surface area contributed by atoms with Crippen LogP contribution in [0.3, 0.4) is 0 Å². The Balaban J connectivity index is 2.50. The highest BCUT2D eigenvalue weighted by molar-refractivity contribution is 5.87. The maximum absolute atomic E-state index is 11.9. The van der Waals surface area contributed by atoms with E-state index >= 15 is 0 Å². The lowest BCUT2D eigenvalue weighted by atomic mass is 10.1. The van der Waals surface area contributed by atoms with Crippen LogP contribution in [0.15, 0.2) is 16.8 Å². The highest BCUT2D eigenvalue weighted by atomic mass is 16.2. The van der Waals surface area contributed by atoms with Crippen molar-refractivity contribution in [2.24, 2.45) is 10.7 Å². The van der Waals surface area contributed by atoms with Gasteiger partial charge in [-0.15, -0.1) is 0 Å². The van der Waals surface area contributed by atoms with E-state index in [-0.39, 0.29) is 11.8 Å². The van der Waals surface area contributed by atoms with E-state index in [0.717, 1.165) is 18.5 Å². The number of hydrogen-bond donors (Lipinski definition) is 3. The number of carbonyl (C=O) groups excluding carboxylic acids is 2. The molecule has 0 aromatic rings. The quantitative estimate of drug-likeness (QED) is 0.543. The van der Waals surface area contributed by atoms with E-state index in [0.29, 0.717) is 19.5 Å². The number of nitrogens with one attached hydrogen (secondary N) is 2. The van der Waals surface area contributed by atoms with Crippen molar-refractivity contribution in [3.63, 3.8) is 0 Å². The summed E-state index contributed by atoms with van der Waals surface area (Å²) < 4.78 is 0. The van der Waals surface area contributed by atoms with Crippen LogP contribution in [0.1, 0.15) is 26.2 Å². The fraction of sp³-hybridized carbons (Fsp3) is 0.583. The zero-order chi connectivity index (χ0) is 13.4. The van der Waals surface area contributed by atoms with Crippen LogP contribution in [0.2, 0.25) is 0 Å². The molecule has 6 nitrogen and oxygen atoms in total. The van der Waals surface area contributed by atoms with Crippen molar-refractivity contribution in [2.45, 2.75) is 32.2 Å². The van der Waals surface area contributed by atoms with E-state index < -0.39 is 6.04 Å². The predicted molar refractivity (Wildman–Crippen MR) is 70.1 cm³/mol. The lowest BCUT2D eigenvalue weighted by Gasteiger charge is -2.17. The molecule has 1 atom stereocenters. The third-order valence-corrected chi connectivity index (χ3v) is 2.50. The summed E-state index contributed by atoms with van der Waals surface area (Å²) in [6.07, 6.45) is 5.66. The van der Waals surface area contributed by atoms with Gasteiger partial charge in [-0.05, 0) is 13.0 Å². The minimum atomic E-state index is -0.568. The normalized spacial score (nSPS) is 15.1. The maximum atomic E-state index is 11.9. The summed E-state index contributed by atoms with van der Waals surface area (Å²) in [5, 5.41) is 5.39. The van der Waals surface area contributed by atoms with Crippen LogP contribution in [-0.2, 0) is 9.59 Å². The van der Waals surface area contributed by atoms with Crippen LogP contribution in [0.25, 0.3) is 0 Å². The van der Waals surface area contributed by atoms with Gasteiger partial charge in [-0.3, -0.25) is 14.6 Å². The van der Waals surface area contributed by atoms with Crippen molar-refractivity contribution in [3.8, 4) is 0 Å². The number of nitrogens with zero attached hydrogens (tertiary/aromatic N) is 1. The summed E-state index contributed by atoms with van der Waals surface area (Å²) in [5.41, 5.74) is 6.19. The van der Waals surface area contributed by atoms with E-state index in [1.807, 2.05) is 6.08 Å². The van der Waals surface area contributed by atoms with Crippen LogP contribution in [-0.4, -0.2) is 37.2 Å². The molecule has 0 spiro atoms. The Kier molecular flexibility index (Phi) is 6.07. The molecule has 1 unspecified atom stereocenters. The minimum absolute atomic E-state index is 0.193. The lowest BCUT2D eigenvalue weighted by molar-refractivity contribution is -0.128. The zero-order valence-electron chi connectivity index (χ0n) is 10.6. The van der Waals surface area contributed by atoms with Gasteiger partial charge in [-0.1, -0.05) is 6.08 Å². The van der Waals surface area contributed by atoms with E-state index in [9.17, 15) is 9.59 Å². The molecule has 1 heterocycles. The molecule has 100 valence electrons. The van der Waals surface area contributed by atoms with Gasteiger partial charge in [0, 0.05) is 38.2 Å². The Labute approximate surface area is 107 Å². The number of allylic oxidation sites excluding steroid dienone is 1. The summed E-state index contributed by atoms with van der Waals surface area (Å²) in [5.74, 6) is -0.418. The molecule has 4 N–H and O–H groups in total. The molecule has 6 heteroatoms. The Bertz CT molecular complexity index is 363. The third-order valence-electron chi connectivity index (χ3n) is 2.50. The second-order valence-corrected chi connectivity index (χ2v) is 4.13. The van der Waals surface area contributed by atoms with E-state index in [2.05, 4.69) is 15.6 Å². The first kappa shape index (κ1) is 14.4. The van der Waals surface area contributed by atoms with Gasteiger partial charge in [0.2, 0.25) is 11.8 Å². The van der Waals surface area contributed by atoms with Crippen LogP contribution < -0.4 is 16.4 Å². The predicted octanol–water partition coefficient (Wildman–Crippen LogP) is -0.295. The largest absolute Gasteiger partial charge is 0.354 e. The summed E-state index contributed by atoms with van der Waals surface area (Å²) in [6.45, 7) is 2.45. The highest BCUT2D eigenvalue weighted by Crippen LogP contribution is 2.12. The molecule has 18 heavy (non-hydrogen) atoms. The molecule has 2 amide bonds. The molecule has 0 saturated heterocycles. The second kappa shape index (κ2) is 7.60. The van der Waals surface area contributed by atoms with Crippen molar-refractivity contribution in [1.29, 1.82) is 0 Å². The molecule has 1 aliphatic rings. The molecular weight excluding hydrogens is 232 g/mol.